The molecule has 0 atom stereocenters. The molecule has 0 spiro atoms. The number of aldehydes is 1. The standard InChI is InChI=1S/C13H10N2O3/c1-3-18-13(17)12-10(7-16)9-5-4-8(14-2)6-11(9)15-12/h4-7,15H,3H2,1H3. The molecule has 1 aromatic heterocycles. The second-order valence-corrected chi connectivity index (χ2v) is 3.59. The van der Waals surface area contributed by atoms with Crippen molar-refractivity contribution in [2.75, 3.05) is 6.61 Å². The lowest BCUT2D eigenvalue weighted by Gasteiger charge is -1.98. The summed E-state index contributed by atoms with van der Waals surface area (Å²) in [7, 11) is 0. The summed E-state index contributed by atoms with van der Waals surface area (Å²) in [6.45, 7) is 8.85. The predicted octanol–water partition coefficient (Wildman–Crippen LogP) is 2.71. The molecule has 0 unspecified atom stereocenters. The molecule has 0 bridgehead atoms. The Kier molecular flexibility index (Phi) is 3.11. The van der Waals surface area contributed by atoms with Crippen LogP contribution in [0, 0.1) is 6.57 Å². The number of hydrogen-bond acceptors (Lipinski definition) is 3. The summed E-state index contributed by atoms with van der Waals surface area (Å²) >= 11 is 0. The molecule has 18 heavy (non-hydrogen) atoms. The van der Waals surface area contributed by atoms with Crippen LogP contribution in [0.1, 0.15) is 27.8 Å². The molecule has 1 N–H and O–H groups in total. The van der Waals surface area contributed by atoms with Crippen molar-refractivity contribution in [3.63, 3.8) is 0 Å². The molecule has 0 radical (unpaired) electrons. The number of carbonyl (C=O) groups excluding carboxylic acids is 2. The number of benzene rings is 1. The highest BCUT2D eigenvalue weighted by atomic mass is 16.5. The summed E-state index contributed by atoms with van der Waals surface area (Å²) in [5, 5.41) is 0.612. The second kappa shape index (κ2) is 4.72. The SMILES string of the molecule is [C-]#[N+]c1ccc2c(C=O)c(C(=O)OCC)[nH]c2c1. The van der Waals surface area contributed by atoms with Gasteiger partial charge in [-0.25, -0.2) is 9.64 Å². The summed E-state index contributed by atoms with van der Waals surface area (Å²) in [6, 6.07) is 4.84. The number of H-pyrrole nitrogens is 1. The van der Waals surface area contributed by atoms with Crippen LogP contribution in [0.4, 0.5) is 5.69 Å². The highest BCUT2D eigenvalue weighted by Gasteiger charge is 2.18. The maximum atomic E-state index is 11.7. The van der Waals surface area contributed by atoms with E-state index in [1.54, 1.807) is 25.1 Å². The molecular formula is C13H10N2O3. The maximum absolute atomic E-state index is 11.7. The lowest BCUT2D eigenvalue weighted by Crippen LogP contribution is -2.07. The van der Waals surface area contributed by atoms with Crippen LogP contribution in [-0.2, 0) is 4.74 Å². The Morgan fingerprint density at radius 3 is 2.94 bits per heavy atom. The Bertz CT molecular complexity index is 665. The molecule has 0 amide bonds. The molecule has 1 aromatic carbocycles. The molecule has 0 aliphatic rings. The van der Waals surface area contributed by atoms with Crippen molar-refractivity contribution in [2.24, 2.45) is 0 Å². The Morgan fingerprint density at radius 1 is 1.56 bits per heavy atom. The van der Waals surface area contributed by atoms with Crippen molar-refractivity contribution < 1.29 is 14.3 Å². The molecular weight excluding hydrogens is 232 g/mol. The van der Waals surface area contributed by atoms with Crippen LogP contribution in [0.2, 0.25) is 0 Å². The van der Waals surface area contributed by atoms with Crippen molar-refractivity contribution in [3.8, 4) is 0 Å². The van der Waals surface area contributed by atoms with Gasteiger partial charge in [0, 0.05) is 10.9 Å². The maximum Gasteiger partial charge on any atom is 0.355 e. The highest BCUT2D eigenvalue weighted by molar-refractivity contribution is 6.08. The van der Waals surface area contributed by atoms with Gasteiger partial charge in [0.2, 0.25) is 0 Å². The first-order valence-corrected chi connectivity index (χ1v) is 5.36. The minimum Gasteiger partial charge on any atom is -0.461 e. The Morgan fingerprint density at radius 2 is 2.33 bits per heavy atom. The van der Waals surface area contributed by atoms with Crippen molar-refractivity contribution in [3.05, 3.63) is 40.9 Å². The van der Waals surface area contributed by atoms with Gasteiger partial charge in [0.15, 0.2) is 12.0 Å². The number of nitrogens with one attached hydrogen (secondary N) is 1. The molecule has 0 saturated heterocycles. The van der Waals surface area contributed by atoms with Gasteiger partial charge < -0.3 is 9.72 Å². The van der Waals surface area contributed by atoms with Crippen molar-refractivity contribution in [2.45, 2.75) is 6.92 Å². The number of carbonyl (C=O) groups is 2. The third kappa shape index (κ3) is 1.84. The number of ether oxygens (including phenoxy) is 1. The van der Waals surface area contributed by atoms with Gasteiger partial charge in [-0.3, -0.25) is 4.79 Å². The molecule has 0 aliphatic carbocycles. The number of aromatic amines is 1. The Labute approximate surface area is 103 Å². The minimum atomic E-state index is -0.569. The topological polar surface area (TPSA) is 63.5 Å². The highest BCUT2D eigenvalue weighted by Crippen LogP contribution is 2.25. The van der Waals surface area contributed by atoms with E-state index in [1.165, 1.54) is 0 Å². The fraction of sp³-hybridized carbons (Fsp3) is 0.154. The van der Waals surface area contributed by atoms with Crippen LogP contribution in [0.15, 0.2) is 18.2 Å². The lowest BCUT2D eigenvalue weighted by atomic mass is 10.1. The summed E-state index contributed by atoms with van der Waals surface area (Å²) < 4.78 is 4.87. The third-order valence-electron chi connectivity index (χ3n) is 2.55. The van der Waals surface area contributed by atoms with E-state index in [1.807, 2.05) is 0 Å². The van der Waals surface area contributed by atoms with Crippen LogP contribution >= 0.6 is 0 Å². The largest absolute Gasteiger partial charge is 0.461 e. The zero-order valence-corrected chi connectivity index (χ0v) is 9.69. The molecule has 5 nitrogen and oxygen atoms in total. The van der Waals surface area contributed by atoms with Crippen LogP contribution in [0.5, 0.6) is 0 Å². The normalized spacial score (nSPS) is 10.0. The van der Waals surface area contributed by atoms with E-state index in [0.29, 0.717) is 22.9 Å². The third-order valence-corrected chi connectivity index (χ3v) is 2.55. The summed E-state index contributed by atoms with van der Waals surface area (Å²) in [5.41, 5.74) is 1.41. The van der Waals surface area contributed by atoms with Crippen molar-refractivity contribution in [1.82, 2.24) is 4.98 Å². The van der Waals surface area contributed by atoms with Gasteiger partial charge in [-0.05, 0) is 13.0 Å². The summed E-state index contributed by atoms with van der Waals surface area (Å²) in [4.78, 5) is 28.9. The van der Waals surface area contributed by atoms with Crippen molar-refractivity contribution >= 4 is 28.8 Å². The molecule has 1 heterocycles. The molecule has 0 fully saturated rings. The second-order valence-electron chi connectivity index (χ2n) is 3.59. The van der Waals surface area contributed by atoms with Gasteiger partial charge in [0.05, 0.1) is 18.7 Å². The number of rotatable bonds is 3. The summed E-state index contributed by atoms with van der Waals surface area (Å²) in [5.74, 6) is -0.569. The molecule has 2 rings (SSSR count). The fourth-order valence-electron chi connectivity index (χ4n) is 1.76. The monoisotopic (exact) mass is 242 g/mol. The van der Waals surface area contributed by atoms with E-state index in [2.05, 4.69) is 9.83 Å². The number of fused-ring (bicyclic) bond motifs is 1. The smallest absolute Gasteiger partial charge is 0.355 e. The molecule has 0 saturated carbocycles. The molecule has 0 aliphatic heterocycles. The van der Waals surface area contributed by atoms with E-state index >= 15 is 0 Å². The Hall–Kier alpha value is -2.61. The van der Waals surface area contributed by atoms with E-state index in [9.17, 15) is 9.59 Å². The Balaban J connectivity index is 2.64. The summed E-state index contributed by atoms with van der Waals surface area (Å²) in [6.07, 6.45) is 0.614. The first kappa shape index (κ1) is 11.9. The first-order chi connectivity index (χ1) is 8.71. The number of aromatic nitrogens is 1. The van der Waals surface area contributed by atoms with E-state index in [4.69, 9.17) is 11.3 Å². The lowest BCUT2D eigenvalue weighted by molar-refractivity contribution is 0.0518. The predicted molar refractivity (Wildman–Crippen MR) is 65.9 cm³/mol. The van der Waals surface area contributed by atoms with Gasteiger partial charge in [0.25, 0.3) is 0 Å². The van der Waals surface area contributed by atoms with Gasteiger partial charge in [-0.1, -0.05) is 12.1 Å². The number of esters is 1. The van der Waals surface area contributed by atoms with Crippen LogP contribution < -0.4 is 0 Å². The zero-order chi connectivity index (χ0) is 13.1. The van der Waals surface area contributed by atoms with Crippen LogP contribution in [0.3, 0.4) is 0 Å². The molecule has 90 valence electrons. The van der Waals surface area contributed by atoms with Gasteiger partial charge in [-0.15, -0.1) is 0 Å². The van der Waals surface area contributed by atoms with Crippen LogP contribution in [0.25, 0.3) is 15.7 Å². The van der Waals surface area contributed by atoms with E-state index in [0.717, 1.165) is 0 Å². The van der Waals surface area contributed by atoms with E-state index in [-0.39, 0.29) is 17.9 Å². The van der Waals surface area contributed by atoms with Gasteiger partial charge in [0.1, 0.15) is 5.69 Å². The van der Waals surface area contributed by atoms with Gasteiger partial charge >= 0.3 is 5.97 Å². The van der Waals surface area contributed by atoms with Gasteiger partial charge in [-0.2, -0.15) is 0 Å². The quantitative estimate of drug-likeness (QED) is 0.511. The zero-order valence-electron chi connectivity index (χ0n) is 9.69. The first-order valence-electron chi connectivity index (χ1n) is 5.36. The number of nitrogens with zero attached hydrogens (tertiary/aromatic N) is 1. The fourth-order valence-corrected chi connectivity index (χ4v) is 1.76. The van der Waals surface area contributed by atoms with Crippen LogP contribution in [-0.4, -0.2) is 23.8 Å². The van der Waals surface area contributed by atoms with E-state index < -0.39 is 5.97 Å². The average Bonchev–Trinajstić information content (AvgIpc) is 2.76. The number of hydrogen-bond donors (Lipinski definition) is 1. The van der Waals surface area contributed by atoms with Crippen molar-refractivity contribution in [1.29, 1.82) is 0 Å². The average molecular weight is 242 g/mol. The molecule has 5 heteroatoms. The minimum absolute atomic E-state index is 0.129. The molecule has 2 aromatic rings.